The first-order chi connectivity index (χ1) is 9.51. The van der Waals surface area contributed by atoms with Crippen LogP contribution in [0, 0.1) is 16.3 Å². The summed E-state index contributed by atoms with van der Waals surface area (Å²) in [4.78, 5) is 0. The van der Waals surface area contributed by atoms with E-state index in [1.165, 1.54) is 0 Å². The molecule has 20 heavy (non-hydrogen) atoms. The van der Waals surface area contributed by atoms with Gasteiger partial charge in [0.25, 0.3) is 0 Å². The van der Waals surface area contributed by atoms with Crippen LogP contribution < -0.4 is 10.1 Å². The molecule has 106 valence electrons. The Morgan fingerprint density at radius 1 is 1.20 bits per heavy atom. The van der Waals surface area contributed by atoms with Gasteiger partial charge in [0.1, 0.15) is 17.3 Å². The Labute approximate surface area is 132 Å². The van der Waals surface area contributed by atoms with E-state index in [0.29, 0.717) is 11.3 Å². The third-order valence-corrected chi connectivity index (χ3v) is 3.95. The molecule has 0 saturated carbocycles. The molecule has 0 aliphatic rings. The lowest BCUT2D eigenvalue weighted by atomic mass is 10.0. The monoisotopic (exact) mass is 385 g/mol. The third-order valence-electron chi connectivity index (χ3n) is 3.23. The molecule has 4 heteroatoms. The van der Waals surface area contributed by atoms with Crippen molar-refractivity contribution >= 4 is 22.6 Å². The van der Waals surface area contributed by atoms with E-state index in [9.17, 15) is 4.39 Å². The van der Waals surface area contributed by atoms with Crippen molar-refractivity contribution in [2.24, 2.45) is 0 Å². The molecule has 0 aliphatic heterocycles. The molecule has 1 unspecified atom stereocenters. The molecule has 2 nitrogen and oxygen atoms in total. The van der Waals surface area contributed by atoms with Crippen LogP contribution in [0.15, 0.2) is 36.4 Å². The van der Waals surface area contributed by atoms with Crippen LogP contribution in [-0.4, -0.2) is 7.05 Å². The van der Waals surface area contributed by atoms with Gasteiger partial charge in [-0.3, -0.25) is 0 Å². The van der Waals surface area contributed by atoms with Gasteiger partial charge in [0.15, 0.2) is 0 Å². The van der Waals surface area contributed by atoms with Crippen molar-refractivity contribution in [2.75, 3.05) is 7.05 Å². The minimum Gasteiger partial charge on any atom is -0.457 e. The predicted octanol–water partition coefficient (Wildman–Crippen LogP) is 4.81. The maximum absolute atomic E-state index is 13.8. The summed E-state index contributed by atoms with van der Waals surface area (Å²) in [5, 5.41) is 3.12. The van der Waals surface area contributed by atoms with Crippen molar-refractivity contribution in [2.45, 2.75) is 19.9 Å². The first kappa shape index (κ1) is 15.3. The molecule has 1 atom stereocenters. The van der Waals surface area contributed by atoms with Gasteiger partial charge in [-0.15, -0.1) is 0 Å². The number of aryl methyl sites for hydroxylation is 1. The molecule has 0 bridgehead atoms. The van der Waals surface area contributed by atoms with Gasteiger partial charge in [-0.2, -0.15) is 0 Å². The van der Waals surface area contributed by atoms with Crippen LogP contribution in [0.3, 0.4) is 0 Å². The van der Waals surface area contributed by atoms with Gasteiger partial charge in [0.2, 0.25) is 0 Å². The number of ether oxygens (including phenoxy) is 1. The lowest BCUT2D eigenvalue weighted by molar-refractivity contribution is 0.462. The largest absolute Gasteiger partial charge is 0.457 e. The van der Waals surface area contributed by atoms with Crippen LogP contribution in [0.2, 0.25) is 0 Å². The van der Waals surface area contributed by atoms with Crippen molar-refractivity contribution in [3.8, 4) is 11.5 Å². The minimum atomic E-state index is -0.211. The summed E-state index contributed by atoms with van der Waals surface area (Å²) in [5.74, 6) is 1.23. The van der Waals surface area contributed by atoms with E-state index >= 15 is 0 Å². The fourth-order valence-corrected chi connectivity index (χ4v) is 2.24. The first-order valence-corrected chi connectivity index (χ1v) is 7.50. The highest BCUT2D eigenvalue weighted by atomic mass is 127. The highest BCUT2D eigenvalue weighted by Crippen LogP contribution is 2.32. The number of halogens is 2. The maximum Gasteiger partial charge on any atom is 0.132 e. The lowest BCUT2D eigenvalue weighted by Gasteiger charge is -2.17. The summed E-state index contributed by atoms with van der Waals surface area (Å²) >= 11 is 2.25. The van der Waals surface area contributed by atoms with E-state index in [1.54, 1.807) is 19.1 Å². The van der Waals surface area contributed by atoms with Gasteiger partial charge in [0.05, 0.1) is 0 Å². The average molecular weight is 385 g/mol. The fourth-order valence-electron chi connectivity index (χ4n) is 1.88. The summed E-state index contributed by atoms with van der Waals surface area (Å²) in [6, 6.07) is 11.1. The second-order valence-electron chi connectivity index (χ2n) is 4.71. The van der Waals surface area contributed by atoms with Gasteiger partial charge in [-0.05, 0) is 85.4 Å². The molecule has 2 aromatic carbocycles. The van der Waals surface area contributed by atoms with E-state index in [-0.39, 0.29) is 11.9 Å². The Bertz CT molecular complexity index is 598. The van der Waals surface area contributed by atoms with Gasteiger partial charge in [-0.25, -0.2) is 4.39 Å². The zero-order valence-electron chi connectivity index (χ0n) is 11.7. The molecule has 0 fully saturated rings. The number of hydrogen-bond donors (Lipinski definition) is 1. The summed E-state index contributed by atoms with van der Waals surface area (Å²) in [6.07, 6.45) is 0. The molecule has 0 saturated heterocycles. The van der Waals surface area contributed by atoms with Crippen LogP contribution in [0.4, 0.5) is 4.39 Å². The van der Waals surface area contributed by atoms with Gasteiger partial charge in [0, 0.05) is 15.2 Å². The molecule has 2 aromatic rings. The molecule has 2 rings (SSSR count). The van der Waals surface area contributed by atoms with E-state index in [4.69, 9.17) is 4.74 Å². The average Bonchev–Trinajstić information content (AvgIpc) is 2.44. The van der Waals surface area contributed by atoms with Crippen molar-refractivity contribution < 1.29 is 9.13 Å². The molecule has 0 amide bonds. The Morgan fingerprint density at radius 3 is 2.45 bits per heavy atom. The van der Waals surface area contributed by atoms with Gasteiger partial charge in [-0.1, -0.05) is 0 Å². The smallest absolute Gasteiger partial charge is 0.132 e. The van der Waals surface area contributed by atoms with Crippen molar-refractivity contribution in [1.82, 2.24) is 5.32 Å². The Morgan fingerprint density at radius 2 is 1.85 bits per heavy atom. The zero-order valence-corrected chi connectivity index (χ0v) is 13.9. The first-order valence-electron chi connectivity index (χ1n) is 6.42. The van der Waals surface area contributed by atoms with E-state index in [2.05, 4.69) is 27.9 Å². The van der Waals surface area contributed by atoms with Crippen molar-refractivity contribution in [1.29, 1.82) is 0 Å². The SMILES string of the molecule is CNC(C)c1cc(F)c(C)cc1Oc1ccc(I)cc1. The number of benzene rings is 2. The van der Waals surface area contributed by atoms with Crippen molar-refractivity contribution in [3.05, 3.63) is 56.9 Å². The Hall–Kier alpha value is -1.14. The number of nitrogens with one attached hydrogen (secondary N) is 1. The molecule has 0 heterocycles. The van der Waals surface area contributed by atoms with Crippen molar-refractivity contribution in [3.63, 3.8) is 0 Å². The van der Waals surface area contributed by atoms with Crippen LogP contribution in [-0.2, 0) is 0 Å². The van der Waals surface area contributed by atoms with Gasteiger partial charge >= 0.3 is 0 Å². The quantitative estimate of drug-likeness (QED) is 0.763. The van der Waals surface area contributed by atoms with Crippen LogP contribution in [0.25, 0.3) is 0 Å². The number of rotatable bonds is 4. The molecular formula is C16H17FINO. The number of hydrogen-bond acceptors (Lipinski definition) is 2. The Balaban J connectivity index is 2.38. The van der Waals surface area contributed by atoms with Crippen LogP contribution in [0.1, 0.15) is 24.1 Å². The zero-order chi connectivity index (χ0) is 14.7. The molecule has 0 aliphatic carbocycles. The van der Waals surface area contributed by atoms with Crippen LogP contribution in [0.5, 0.6) is 11.5 Å². The molecular weight excluding hydrogens is 368 g/mol. The Kier molecular flexibility index (Phi) is 4.99. The predicted molar refractivity (Wildman–Crippen MR) is 87.8 cm³/mol. The van der Waals surface area contributed by atoms with E-state index < -0.39 is 0 Å². The van der Waals surface area contributed by atoms with Gasteiger partial charge < -0.3 is 10.1 Å². The molecule has 0 aromatic heterocycles. The second kappa shape index (κ2) is 6.54. The standard InChI is InChI=1S/C16H17FINO/c1-10-8-16(14(9-15(10)17)11(2)19-3)20-13-6-4-12(18)5-7-13/h4-9,11,19H,1-3H3. The second-order valence-corrected chi connectivity index (χ2v) is 5.95. The molecule has 1 N–H and O–H groups in total. The van der Waals surface area contributed by atoms with Crippen LogP contribution >= 0.6 is 22.6 Å². The highest BCUT2D eigenvalue weighted by molar-refractivity contribution is 14.1. The molecule has 0 radical (unpaired) electrons. The summed E-state index contributed by atoms with van der Waals surface area (Å²) < 4.78 is 20.8. The third kappa shape index (κ3) is 3.49. The highest BCUT2D eigenvalue weighted by Gasteiger charge is 2.14. The molecule has 0 spiro atoms. The van der Waals surface area contributed by atoms with E-state index in [1.807, 2.05) is 38.2 Å². The summed E-state index contributed by atoms with van der Waals surface area (Å²) in [7, 11) is 1.84. The summed E-state index contributed by atoms with van der Waals surface area (Å²) in [5.41, 5.74) is 1.40. The lowest BCUT2D eigenvalue weighted by Crippen LogP contribution is -2.13. The minimum absolute atomic E-state index is 0.0175. The summed E-state index contributed by atoms with van der Waals surface area (Å²) in [6.45, 7) is 3.72. The topological polar surface area (TPSA) is 21.3 Å². The fraction of sp³-hybridized carbons (Fsp3) is 0.250. The normalized spacial score (nSPS) is 12.2. The van der Waals surface area contributed by atoms with E-state index in [0.717, 1.165) is 14.9 Å². The maximum atomic E-state index is 13.8.